The SMILES string of the molecule is O=C(O)c1c(F)c(Cl)cc2sccc12. The molecule has 0 amide bonds. The smallest absolute Gasteiger partial charge is 0.339 e. The van der Waals surface area contributed by atoms with E-state index in [-0.39, 0.29) is 10.6 Å². The van der Waals surface area contributed by atoms with Gasteiger partial charge < -0.3 is 5.11 Å². The van der Waals surface area contributed by atoms with Crippen LogP contribution in [0.2, 0.25) is 5.02 Å². The molecule has 0 fully saturated rings. The predicted octanol–water partition coefficient (Wildman–Crippen LogP) is 3.39. The van der Waals surface area contributed by atoms with Crippen LogP contribution < -0.4 is 0 Å². The Bertz CT molecular complexity index is 521. The molecule has 0 spiro atoms. The average molecular weight is 231 g/mol. The van der Waals surface area contributed by atoms with Gasteiger partial charge in [0.25, 0.3) is 0 Å². The molecule has 2 nitrogen and oxygen atoms in total. The van der Waals surface area contributed by atoms with Gasteiger partial charge in [0.05, 0.1) is 5.02 Å². The Balaban J connectivity index is 2.93. The van der Waals surface area contributed by atoms with Gasteiger partial charge in [0.1, 0.15) is 5.56 Å². The molecule has 1 aromatic carbocycles. The van der Waals surface area contributed by atoms with Crippen LogP contribution in [0.1, 0.15) is 10.4 Å². The molecule has 0 aliphatic heterocycles. The fraction of sp³-hybridized carbons (Fsp3) is 0. The van der Waals surface area contributed by atoms with Crippen LogP contribution in [0.5, 0.6) is 0 Å². The van der Waals surface area contributed by atoms with E-state index < -0.39 is 11.8 Å². The Morgan fingerprint density at radius 1 is 1.57 bits per heavy atom. The minimum Gasteiger partial charge on any atom is -0.478 e. The quantitative estimate of drug-likeness (QED) is 0.815. The summed E-state index contributed by atoms with van der Waals surface area (Å²) in [7, 11) is 0. The lowest BCUT2D eigenvalue weighted by atomic mass is 10.1. The molecule has 0 radical (unpaired) electrons. The van der Waals surface area contributed by atoms with Gasteiger partial charge in [0.15, 0.2) is 5.82 Å². The van der Waals surface area contributed by atoms with Crippen molar-refractivity contribution in [2.24, 2.45) is 0 Å². The van der Waals surface area contributed by atoms with E-state index >= 15 is 0 Å². The predicted molar refractivity (Wildman–Crippen MR) is 53.8 cm³/mol. The highest BCUT2D eigenvalue weighted by atomic mass is 35.5. The normalized spacial score (nSPS) is 10.7. The Morgan fingerprint density at radius 3 is 2.93 bits per heavy atom. The first-order chi connectivity index (χ1) is 6.61. The summed E-state index contributed by atoms with van der Waals surface area (Å²) in [6, 6.07) is 3.01. The minimum atomic E-state index is -1.30. The molecule has 0 unspecified atom stereocenters. The highest BCUT2D eigenvalue weighted by Crippen LogP contribution is 2.31. The van der Waals surface area contributed by atoms with Crippen LogP contribution in [-0.2, 0) is 0 Å². The number of aromatic carboxylic acids is 1. The number of benzene rings is 1. The molecule has 0 aliphatic rings. The number of carboxylic acid groups (broad SMARTS) is 1. The third-order valence-electron chi connectivity index (χ3n) is 1.87. The molecule has 0 saturated heterocycles. The molecule has 0 atom stereocenters. The Morgan fingerprint density at radius 2 is 2.29 bits per heavy atom. The minimum absolute atomic E-state index is 0.155. The number of thiophene rings is 1. The molecular formula is C9H4ClFO2S. The average Bonchev–Trinajstić information content (AvgIpc) is 2.52. The van der Waals surface area contributed by atoms with E-state index in [1.165, 1.54) is 17.4 Å². The van der Waals surface area contributed by atoms with E-state index in [1.54, 1.807) is 11.4 Å². The van der Waals surface area contributed by atoms with E-state index in [4.69, 9.17) is 16.7 Å². The van der Waals surface area contributed by atoms with Crippen LogP contribution in [0.15, 0.2) is 17.5 Å². The van der Waals surface area contributed by atoms with E-state index in [0.717, 1.165) is 0 Å². The zero-order chi connectivity index (χ0) is 10.3. The molecule has 1 heterocycles. The van der Waals surface area contributed by atoms with Crippen LogP contribution >= 0.6 is 22.9 Å². The van der Waals surface area contributed by atoms with Gasteiger partial charge in [-0.15, -0.1) is 11.3 Å². The molecule has 72 valence electrons. The van der Waals surface area contributed by atoms with E-state index in [1.807, 2.05) is 0 Å². The van der Waals surface area contributed by atoms with Crippen LogP contribution in [0.25, 0.3) is 10.1 Å². The lowest BCUT2D eigenvalue weighted by Crippen LogP contribution is -2.01. The van der Waals surface area contributed by atoms with Crippen LogP contribution in [-0.4, -0.2) is 11.1 Å². The summed E-state index contributed by atoms with van der Waals surface area (Å²) >= 11 is 6.89. The second-order valence-electron chi connectivity index (χ2n) is 2.68. The zero-order valence-electron chi connectivity index (χ0n) is 6.75. The maximum absolute atomic E-state index is 13.4. The molecule has 5 heteroatoms. The molecule has 0 bridgehead atoms. The molecule has 2 rings (SSSR count). The maximum Gasteiger partial charge on any atom is 0.339 e. The number of rotatable bonds is 1. The van der Waals surface area contributed by atoms with Crippen molar-refractivity contribution in [3.8, 4) is 0 Å². The van der Waals surface area contributed by atoms with Crippen molar-refractivity contribution in [1.82, 2.24) is 0 Å². The van der Waals surface area contributed by atoms with Gasteiger partial charge in [-0.2, -0.15) is 0 Å². The highest BCUT2D eigenvalue weighted by molar-refractivity contribution is 7.17. The van der Waals surface area contributed by atoms with Crippen molar-refractivity contribution in [2.45, 2.75) is 0 Å². The number of hydrogen-bond acceptors (Lipinski definition) is 2. The third-order valence-corrected chi connectivity index (χ3v) is 3.00. The van der Waals surface area contributed by atoms with Gasteiger partial charge in [-0.05, 0) is 17.5 Å². The first-order valence-corrected chi connectivity index (χ1v) is 4.95. The number of halogens is 2. The van der Waals surface area contributed by atoms with Crippen LogP contribution in [0, 0.1) is 5.82 Å². The van der Waals surface area contributed by atoms with Gasteiger partial charge in [0.2, 0.25) is 0 Å². The number of carboxylic acids is 1. The van der Waals surface area contributed by atoms with Crippen molar-refractivity contribution >= 4 is 39.0 Å². The molecule has 0 aliphatic carbocycles. The summed E-state index contributed by atoms with van der Waals surface area (Å²) in [5.74, 6) is -2.17. The lowest BCUT2D eigenvalue weighted by molar-refractivity contribution is 0.0694. The Labute approximate surface area is 87.5 Å². The Kier molecular flexibility index (Phi) is 2.17. The molecular weight excluding hydrogens is 227 g/mol. The molecule has 1 aromatic heterocycles. The highest BCUT2D eigenvalue weighted by Gasteiger charge is 2.18. The van der Waals surface area contributed by atoms with Crippen molar-refractivity contribution < 1.29 is 14.3 Å². The summed E-state index contributed by atoms with van der Waals surface area (Å²) in [5, 5.41) is 10.8. The first-order valence-electron chi connectivity index (χ1n) is 3.69. The summed E-state index contributed by atoms with van der Waals surface area (Å²) < 4.78 is 14.0. The second kappa shape index (κ2) is 3.22. The molecule has 14 heavy (non-hydrogen) atoms. The maximum atomic E-state index is 13.4. The standard InChI is InChI=1S/C9H4ClFO2S/c10-5-3-6-4(1-2-14-6)7(8(5)11)9(12)13/h1-3H,(H,12,13). The summed E-state index contributed by atoms with van der Waals surface area (Å²) in [6.45, 7) is 0. The molecule has 0 saturated carbocycles. The van der Waals surface area contributed by atoms with Gasteiger partial charge in [-0.1, -0.05) is 11.6 Å². The topological polar surface area (TPSA) is 37.3 Å². The van der Waals surface area contributed by atoms with Crippen LogP contribution in [0.4, 0.5) is 4.39 Å². The summed E-state index contributed by atoms with van der Waals surface area (Å²) in [5.41, 5.74) is -0.353. The first kappa shape index (κ1) is 9.43. The monoisotopic (exact) mass is 230 g/mol. The van der Waals surface area contributed by atoms with E-state index in [0.29, 0.717) is 10.1 Å². The number of fused-ring (bicyclic) bond motifs is 1. The van der Waals surface area contributed by atoms with Crippen molar-refractivity contribution in [2.75, 3.05) is 0 Å². The zero-order valence-corrected chi connectivity index (χ0v) is 8.32. The summed E-state index contributed by atoms with van der Waals surface area (Å²) in [6.07, 6.45) is 0. The number of hydrogen-bond donors (Lipinski definition) is 1. The van der Waals surface area contributed by atoms with E-state index in [9.17, 15) is 9.18 Å². The molecule has 1 N–H and O–H groups in total. The largest absolute Gasteiger partial charge is 0.478 e. The fourth-order valence-corrected chi connectivity index (χ4v) is 2.37. The van der Waals surface area contributed by atoms with Gasteiger partial charge in [-0.3, -0.25) is 0 Å². The van der Waals surface area contributed by atoms with Crippen molar-refractivity contribution in [3.63, 3.8) is 0 Å². The van der Waals surface area contributed by atoms with Crippen LogP contribution in [0.3, 0.4) is 0 Å². The van der Waals surface area contributed by atoms with Crippen molar-refractivity contribution in [3.05, 3.63) is 33.9 Å². The van der Waals surface area contributed by atoms with Crippen molar-refractivity contribution in [1.29, 1.82) is 0 Å². The summed E-state index contributed by atoms with van der Waals surface area (Å²) in [4.78, 5) is 10.8. The van der Waals surface area contributed by atoms with Gasteiger partial charge >= 0.3 is 5.97 Å². The fourth-order valence-electron chi connectivity index (χ4n) is 1.26. The van der Waals surface area contributed by atoms with Gasteiger partial charge in [0, 0.05) is 10.1 Å². The second-order valence-corrected chi connectivity index (χ2v) is 4.04. The Hall–Kier alpha value is -1.13. The lowest BCUT2D eigenvalue weighted by Gasteiger charge is -2.01. The van der Waals surface area contributed by atoms with Gasteiger partial charge in [-0.25, -0.2) is 9.18 Å². The third kappa shape index (κ3) is 1.27. The molecule has 2 aromatic rings. The van der Waals surface area contributed by atoms with E-state index in [2.05, 4.69) is 0 Å². The number of carbonyl (C=O) groups is 1.